The average Bonchev–Trinajstić information content (AvgIpc) is 3.31. The molecule has 0 aromatic carbocycles. The summed E-state index contributed by atoms with van der Waals surface area (Å²) in [7, 11) is 0. The van der Waals surface area contributed by atoms with Crippen LogP contribution in [0.15, 0.2) is 6.20 Å². The molecule has 0 radical (unpaired) electrons. The second kappa shape index (κ2) is 7.42. The molecule has 144 valence electrons. The molecule has 2 fully saturated rings. The van der Waals surface area contributed by atoms with Gasteiger partial charge in [-0.05, 0) is 6.42 Å². The number of ether oxygens (including phenoxy) is 2. The normalized spacial score (nSPS) is 23.6. The molecule has 4 rings (SSSR count). The van der Waals surface area contributed by atoms with Gasteiger partial charge in [0.05, 0.1) is 31.7 Å². The highest BCUT2D eigenvalue weighted by Crippen LogP contribution is 2.27. The lowest BCUT2D eigenvalue weighted by Crippen LogP contribution is -2.50. The van der Waals surface area contributed by atoms with Crippen molar-refractivity contribution in [3.63, 3.8) is 0 Å². The zero-order valence-corrected chi connectivity index (χ0v) is 16.7. The van der Waals surface area contributed by atoms with Crippen molar-refractivity contribution in [2.45, 2.75) is 38.6 Å². The lowest BCUT2D eigenvalue weighted by atomic mass is 9.93. The molecule has 0 amide bonds. The Bertz CT molecular complexity index is 694. The van der Waals surface area contributed by atoms with Gasteiger partial charge in [-0.1, -0.05) is 32.1 Å². The number of fused-ring (bicyclic) bond motifs is 1. The fourth-order valence-corrected chi connectivity index (χ4v) is 4.47. The summed E-state index contributed by atoms with van der Waals surface area (Å²) < 4.78 is 13.1. The van der Waals surface area contributed by atoms with Gasteiger partial charge in [-0.2, -0.15) is 0 Å². The Kier molecular flexibility index (Phi) is 5.18. The third-order valence-electron chi connectivity index (χ3n) is 5.30. The van der Waals surface area contributed by atoms with Gasteiger partial charge in [0.25, 0.3) is 0 Å². The number of anilines is 1. The minimum absolute atomic E-state index is 0.0465. The number of hydrogen-bond acceptors (Lipinski definition) is 7. The predicted octanol–water partition coefficient (Wildman–Crippen LogP) is 2.24. The number of aromatic nitrogens is 3. The van der Waals surface area contributed by atoms with Crippen LogP contribution < -0.4 is 5.32 Å². The highest BCUT2D eigenvalue weighted by molar-refractivity contribution is 7.20. The van der Waals surface area contributed by atoms with Crippen LogP contribution in [0, 0.1) is 5.92 Å². The number of morpholine rings is 1. The number of hydrogen-bond donors (Lipinski definition) is 1. The topological polar surface area (TPSA) is 63.9 Å². The van der Waals surface area contributed by atoms with Crippen LogP contribution >= 0.6 is 11.3 Å². The molecule has 0 aliphatic carbocycles. The minimum atomic E-state index is 0.0465. The standard InChI is InChI=1S/C18H29N5O2S/c1-18(2,3)15-11-23-17(20-15)26-16(21-23)19-10-14(13-4-7-25-12-13)22-5-8-24-9-6-22/h11,13-14H,4-10,12H2,1-3H3,(H,19,21). The molecule has 2 aromatic rings. The molecule has 2 aliphatic rings. The summed E-state index contributed by atoms with van der Waals surface area (Å²) in [5.74, 6) is 0.581. The molecule has 0 spiro atoms. The van der Waals surface area contributed by atoms with E-state index in [1.165, 1.54) is 0 Å². The van der Waals surface area contributed by atoms with Crippen LogP contribution in [0.2, 0.25) is 0 Å². The van der Waals surface area contributed by atoms with E-state index in [1.807, 2.05) is 10.7 Å². The summed E-state index contributed by atoms with van der Waals surface area (Å²) in [6, 6.07) is 0.461. The number of nitrogens with one attached hydrogen (secondary N) is 1. The maximum absolute atomic E-state index is 5.65. The molecule has 2 aliphatic heterocycles. The first-order valence-corrected chi connectivity index (χ1v) is 10.3. The number of nitrogens with zero attached hydrogens (tertiary/aromatic N) is 4. The van der Waals surface area contributed by atoms with E-state index in [9.17, 15) is 0 Å². The summed E-state index contributed by atoms with van der Waals surface area (Å²) in [5, 5.41) is 9.17. The maximum atomic E-state index is 5.65. The van der Waals surface area contributed by atoms with Crippen LogP contribution in [-0.4, -0.2) is 71.6 Å². The lowest BCUT2D eigenvalue weighted by Gasteiger charge is -2.37. The Morgan fingerprint density at radius 1 is 1.27 bits per heavy atom. The highest BCUT2D eigenvalue weighted by Gasteiger charge is 2.31. The highest BCUT2D eigenvalue weighted by atomic mass is 32.1. The second-order valence-electron chi connectivity index (χ2n) is 8.23. The monoisotopic (exact) mass is 379 g/mol. The van der Waals surface area contributed by atoms with Crippen LogP contribution in [0.25, 0.3) is 4.96 Å². The van der Waals surface area contributed by atoms with E-state index in [1.54, 1.807) is 11.3 Å². The van der Waals surface area contributed by atoms with Crippen molar-refractivity contribution in [3.8, 4) is 0 Å². The molecule has 7 nitrogen and oxygen atoms in total. The lowest BCUT2D eigenvalue weighted by molar-refractivity contribution is 0.00461. The summed E-state index contributed by atoms with van der Waals surface area (Å²) in [4.78, 5) is 8.23. The molecule has 2 aromatic heterocycles. The van der Waals surface area contributed by atoms with Crippen LogP contribution in [0.4, 0.5) is 5.13 Å². The predicted molar refractivity (Wildman–Crippen MR) is 103 cm³/mol. The molecule has 26 heavy (non-hydrogen) atoms. The van der Waals surface area contributed by atoms with Gasteiger partial charge < -0.3 is 14.8 Å². The van der Waals surface area contributed by atoms with E-state index in [2.05, 4.69) is 36.1 Å². The second-order valence-corrected chi connectivity index (χ2v) is 9.19. The fraction of sp³-hybridized carbons (Fsp3) is 0.778. The summed E-state index contributed by atoms with van der Waals surface area (Å²) in [6.45, 7) is 12.8. The van der Waals surface area contributed by atoms with Gasteiger partial charge >= 0.3 is 0 Å². The van der Waals surface area contributed by atoms with E-state index in [0.717, 1.165) is 68.3 Å². The van der Waals surface area contributed by atoms with Gasteiger partial charge in [-0.15, -0.1) is 5.10 Å². The molecule has 2 atom stereocenters. The largest absolute Gasteiger partial charge is 0.381 e. The van der Waals surface area contributed by atoms with Crippen LogP contribution in [0.1, 0.15) is 32.9 Å². The molecule has 2 saturated heterocycles. The first-order valence-electron chi connectivity index (χ1n) is 9.51. The van der Waals surface area contributed by atoms with Crippen molar-refractivity contribution in [2.75, 3.05) is 51.4 Å². The van der Waals surface area contributed by atoms with Crippen molar-refractivity contribution in [1.29, 1.82) is 0 Å². The fourth-order valence-electron chi connectivity index (χ4n) is 3.68. The van der Waals surface area contributed by atoms with Crippen LogP contribution in [-0.2, 0) is 14.9 Å². The van der Waals surface area contributed by atoms with Gasteiger partial charge in [0.15, 0.2) is 0 Å². The molecule has 8 heteroatoms. The summed E-state index contributed by atoms with van der Waals surface area (Å²) in [5.41, 5.74) is 1.13. The Morgan fingerprint density at radius 2 is 2.08 bits per heavy atom. The van der Waals surface area contributed by atoms with E-state index in [0.29, 0.717) is 12.0 Å². The molecular weight excluding hydrogens is 350 g/mol. The molecule has 1 N–H and O–H groups in total. The van der Waals surface area contributed by atoms with Crippen LogP contribution in [0.3, 0.4) is 0 Å². The van der Waals surface area contributed by atoms with Gasteiger partial charge in [0.2, 0.25) is 10.1 Å². The maximum Gasteiger partial charge on any atom is 0.214 e. The van der Waals surface area contributed by atoms with Gasteiger partial charge in [-0.25, -0.2) is 9.50 Å². The Balaban J connectivity index is 1.44. The molecule has 0 bridgehead atoms. The molecule has 0 saturated carbocycles. The van der Waals surface area contributed by atoms with E-state index in [4.69, 9.17) is 14.5 Å². The van der Waals surface area contributed by atoms with Crippen molar-refractivity contribution < 1.29 is 9.47 Å². The number of imidazole rings is 1. The van der Waals surface area contributed by atoms with Crippen molar-refractivity contribution in [3.05, 3.63) is 11.9 Å². The third-order valence-corrected chi connectivity index (χ3v) is 6.18. The number of rotatable bonds is 5. The summed E-state index contributed by atoms with van der Waals surface area (Å²) >= 11 is 1.62. The van der Waals surface area contributed by atoms with Crippen molar-refractivity contribution >= 4 is 21.4 Å². The first-order chi connectivity index (χ1) is 12.5. The quantitative estimate of drug-likeness (QED) is 0.860. The first kappa shape index (κ1) is 18.2. The van der Waals surface area contributed by atoms with Crippen LogP contribution in [0.5, 0.6) is 0 Å². The molecule has 2 unspecified atom stereocenters. The van der Waals surface area contributed by atoms with Gasteiger partial charge in [0, 0.05) is 43.6 Å². The van der Waals surface area contributed by atoms with Gasteiger partial charge in [-0.3, -0.25) is 4.90 Å². The minimum Gasteiger partial charge on any atom is -0.381 e. The third kappa shape index (κ3) is 3.88. The van der Waals surface area contributed by atoms with E-state index < -0.39 is 0 Å². The average molecular weight is 380 g/mol. The zero-order chi connectivity index (χ0) is 18.1. The van der Waals surface area contributed by atoms with Gasteiger partial charge in [0.1, 0.15) is 0 Å². The van der Waals surface area contributed by atoms with E-state index in [-0.39, 0.29) is 5.41 Å². The van der Waals surface area contributed by atoms with Crippen molar-refractivity contribution in [2.24, 2.45) is 5.92 Å². The summed E-state index contributed by atoms with van der Waals surface area (Å²) in [6.07, 6.45) is 3.18. The Labute approximate surface area is 158 Å². The van der Waals surface area contributed by atoms with E-state index >= 15 is 0 Å². The molecule has 4 heterocycles. The Hall–Kier alpha value is -1.22. The Morgan fingerprint density at radius 3 is 2.73 bits per heavy atom. The SMILES string of the molecule is CC(C)(C)c1cn2nc(NCC(C3CCOC3)N3CCOCC3)sc2n1. The molecular formula is C18H29N5O2S. The smallest absolute Gasteiger partial charge is 0.214 e. The van der Waals surface area contributed by atoms with Crippen molar-refractivity contribution in [1.82, 2.24) is 19.5 Å². The zero-order valence-electron chi connectivity index (χ0n) is 15.9.